The van der Waals surface area contributed by atoms with Gasteiger partial charge in [-0.3, -0.25) is 4.79 Å². The molecule has 1 heterocycles. The average molecular weight is 519 g/mol. The van der Waals surface area contributed by atoms with E-state index in [9.17, 15) is 20.1 Å². The number of allylic oxidation sites excluding steroid dienone is 2. The van der Waals surface area contributed by atoms with Crippen LogP contribution in [0.1, 0.15) is 43.4 Å². The minimum atomic E-state index is -0.592. The fourth-order valence-electron chi connectivity index (χ4n) is 3.60. The summed E-state index contributed by atoms with van der Waals surface area (Å²) in [5.74, 6) is -0.521. The summed E-state index contributed by atoms with van der Waals surface area (Å²) in [6.45, 7) is 0. The van der Waals surface area contributed by atoms with Gasteiger partial charge in [-0.15, -0.1) is 11.3 Å². The SMILES string of the molecule is NC(=O)CCC/C=C/CC1C(O)CC(O)C1/C=C/C(O)CCc1ccc(I)s1. The Labute approximate surface area is 184 Å². The highest BCUT2D eigenvalue weighted by atomic mass is 127. The van der Waals surface area contributed by atoms with Crippen LogP contribution in [0.5, 0.6) is 0 Å². The van der Waals surface area contributed by atoms with E-state index in [1.165, 1.54) is 7.76 Å². The molecular weight excluding hydrogens is 489 g/mol. The zero-order valence-electron chi connectivity index (χ0n) is 15.9. The van der Waals surface area contributed by atoms with E-state index in [0.29, 0.717) is 25.7 Å². The maximum absolute atomic E-state index is 10.7. The Morgan fingerprint density at radius 2 is 2.11 bits per heavy atom. The number of carbonyl (C=O) groups excluding carboxylic acids is 1. The lowest BCUT2D eigenvalue weighted by molar-refractivity contribution is -0.118. The summed E-state index contributed by atoms with van der Waals surface area (Å²) in [4.78, 5) is 12.0. The predicted octanol–water partition coefficient (Wildman–Crippen LogP) is 3.16. The molecule has 28 heavy (non-hydrogen) atoms. The highest BCUT2D eigenvalue weighted by molar-refractivity contribution is 14.1. The smallest absolute Gasteiger partial charge is 0.217 e. The zero-order chi connectivity index (χ0) is 20.5. The number of aliphatic hydroxyl groups is 3. The number of halogens is 1. The number of hydrogen-bond donors (Lipinski definition) is 4. The lowest BCUT2D eigenvalue weighted by Crippen LogP contribution is -2.20. The monoisotopic (exact) mass is 519 g/mol. The van der Waals surface area contributed by atoms with E-state index >= 15 is 0 Å². The molecule has 5 N–H and O–H groups in total. The van der Waals surface area contributed by atoms with E-state index in [1.54, 1.807) is 17.4 Å². The Morgan fingerprint density at radius 3 is 2.79 bits per heavy atom. The number of amides is 1. The summed E-state index contributed by atoms with van der Waals surface area (Å²) in [6, 6.07) is 4.16. The van der Waals surface area contributed by atoms with Crippen LogP contribution in [-0.2, 0) is 11.2 Å². The Bertz CT molecular complexity index is 675. The molecule has 2 rings (SSSR count). The van der Waals surface area contributed by atoms with Crippen LogP contribution in [0, 0.1) is 14.7 Å². The number of hydrogen-bond acceptors (Lipinski definition) is 5. The zero-order valence-corrected chi connectivity index (χ0v) is 18.9. The fraction of sp³-hybridized carbons (Fsp3) is 0.571. The number of rotatable bonds is 11. The second kappa shape index (κ2) is 12.1. The number of thiophene rings is 1. The standard InChI is InChI=1S/C21H30INO4S/c22-20-12-10-15(28-20)9-7-14(24)8-11-17-16(18(25)13-19(17)26)5-3-1-2-4-6-21(23)27/h1,3,8,10-12,14,16-19,24-26H,2,4-7,9,13H2,(H2,23,27)/b3-1+,11-8+. The quantitative estimate of drug-likeness (QED) is 0.205. The van der Waals surface area contributed by atoms with Gasteiger partial charge in [0, 0.05) is 23.6 Å². The predicted molar refractivity (Wildman–Crippen MR) is 121 cm³/mol. The van der Waals surface area contributed by atoms with E-state index in [2.05, 4.69) is 34.7 Å². The molecule has 5 atom stereocenters. The molecule has 7 heteroatoms. The molecule has 1 aromatic heterocycles. The van der Waals surface area contributed by atoms with E-state index in [-0.39, 0.29) is 17.7 Å². The lowest BCUT2D eigenvalue weighted by Gasteiger charge is -2.19. The normalized spacial score (nSPS) is 26.4. The van der Waals surface area contributed by atoms with Crippen LogP contribution < -0.4 is 5.73 Å². The molecule has 5 unspecified atom stereocenters. The molecule has 5 nitrogen and oxygen atoms in total. The summed E-state index contributed by atoms with van der Waals surface area (Å²) >= 11 is 4.03. The molecule has 0 radical (unpaired) electrons. The minimum absolute atomic E-state index is 0.0651. The van der Waals surface area contributed by atoms with Crippen molar-refractivity contribution in [3.63, 3.8) is 0 Å². The first-order valence-electron chi connectivity index (χ1n) is 9.77. The van der Waals surface area contributed by atoms with Crippen LogP contribution >= 0.6 is 33.9 Å². The number of unbranched alkanes of at least 4 members (excludes halogenated alkanes) is 1. The van der Waals surface area contributed by atoms with Crippen molar-refractivity contribution in [2.45, 2.75) is 63.3 Å². The fourth-order valence-corrected chi connectivity index (χ4v) is 5.37. The van der Waals surface area contributed by atoms with Crippen molar-refractivity contribution in [3.8, 4) is 0 Å². The molecule has 0 bridgehead atoms. The summed E-state index contributed by atoms with van der Waals surface area (Å²) in [7, 11) is 0. The van der Waals surface area contributed by atoms with Crippen molar-refractivity contribution < 1.29 is 20.1 Å². The molecule has 0 saturated heterocycles. The van der Waals surface area contributed by atoms with Gasteiger partial charge in [0.2, 0.25) is 5.91 Å². The maximum atomic E-state index is 10.7. The van der Waals surface area contributed by atoms with Gasteiger partial charge in [-0.05, 0) is 72.7 Å². The Hall–Kier alpha value is -0.740. The van der Waals surface area contributed by atoms with Gasteiger partial charge >= 0.3 is 0 Å². The van der Waals surface area contributed by atoms with Gasteiger partial charge in [0.25, 0.3) is 0 Å². The van der Waals surface area contributed by atoms with Gasteiger partial charge in [0.1, 0.15) is 0 Å². The van der Waals surface area contributed by atoms with Crippen molar-refractivity contribution in [1.29, 1.82) is 0 Å². The van der Waals surface area contributed by atoms with E-state index in [1.807, 2.05) is 18.2 Å². The van der Waals surface area contributed by atoms with Crippen LogP contribution in [0.4, 0.5) is 0 Å². The third kappa shape index (κ3) is 7.94. The van der Waals surface area contributed by atoms with E-state index in [4.69, 9.17) is 5.73 Å². The number of aryl methyl sites for hydroxylation is 1. The summed E-state index contributed by atoms with van der Waals surface area (Å²) in [5.41, 5.74) is 5.12. The van der Waals surface area contributed by atoms with Crippen molar-refractivity contribution in [3.05, 3.63) is 44.2 Å². The van der Waals surface area contributed by atoms with Gasteiger partial charge < -0.3 is 21.1 Å². The summed E-state index contributed by atoms with van der Waals surface area (Å²) in [6.07, 6.45) is 10.3. The average Bonchev–Trinajstić information content (AvgIpc) is 3.16. The highest BCUT2D eigenvalue weighted by Crippen LogP contribution is 2.36. The Kier molecular flexibility index (Phi) is 10.1. The highest BCUT2D eigenvalue weighted by Gasteiger charge is 2.39. The van der Waals surface area contributed by atoms with Crippen LogP contribution in [0.25, 0.3) is 0 Å². The molecule has 1 amide bonds. The molecular formula is C21H30INO4S. The van der Waals surface area contributed by atoms with Crippen molar-refractivity contribution >= 4 is 39.8 Å². The summed E-state index contributed by atoms with van der Waals surface area (Å²) < 4.78 is 1.24. The van der Waals surface area contributed by atoms with Crippen LogP contribution in [-0.4, -0.2) is 39.5 Å². The largest absolute Gasteiger partial charge is 0.393 e. The molecule has 1 fully saturated rings. The van der Waals surface area contributed by atoms with Crippen molar-refractivity contribution in [2.75, 3.05) is 0 Å². The molecule has 1 aromatic rings. The molecule has 0 aliphatic heterocycles. The van der Waals surface area contributed by atoms with Crippen molar-refractivity contribution in [2.24, 2.45) is 17.6 Å². The molecule has 156 valence electrons. The second-order valence-corrected chi connectivity index (χ2v) is 10.4. The third-order valence-electron chi connectivity index (χ3n) is 5.16. The van der Waals surface area contributed by atoms with Gasteiger partial charge in [-0.2, -0.15) is 0 Å². The third-order valence-corrected chi connectivity index (χ3v) is 7.11. The first-order valence-corrected chi connectivity index (χ1v) is 11.7. The lowest BCUT2D eigenvalue weighted by atomic mass is 9.89. The Morgan fingerprint density at radius 1 is 1.32 bits per heavy atom. The van der Waals surface area contributed by atoms with E-state index in [0.717, 1.165) is 19.3 Å². The topological polar surface area (TPSA) is 104 Å². The van der Waals surface area contributed by atoms with Gasteiger partial charge in [-0.25, -0.2) is 0 Å². The molecule has 1 aliphatic rings. The van der Waals surface area contributed by atoms with Crippen LogP contribution in [0.15, 0.2) is 36.4 Å². The Balaban J connectivity index is 1.81. The molecule has 1 saturated carbocycles. The number of primary amides is 1. The van der Waals surface area contributed by atoms with Crippen LogP contribution in [0.3, 0.4) is 0 Å². The van der Waals surface area contributed by atoms with Gasteiger partial charge in [0.05, 0.1) is 21.2 Å². The van der Waals surface area contributed by atoms with Crippen LogP contribution in [0.2, 0.25) is 0 Å². The second-order valence-electron chi connectivity index (χ2n) is 7.37. The maximum Gasteiger partial charge on any atom is 0.217 e. The first-order chi connectivity index (χ1) is 13.4. The number of aliphatic hydroxyl groups excluding tert-OH is 3. The first kappa shape index (κ1) is 23.5. The molecule has 1 aliphatic carbocycles. The van der Waals surface area contributed by atoms with Crippen molar-refractivity contribution in [1.82, 2.24) is 0 Å². The molecule has 0 spiro atoms. The van der Waals surface area contributed by atoms with Gasteiger partial charge in [0.15, 0.2) is 0 Å². The number of carbonyl (C=O) groups is 1. The van der Waals surface area contributed by atoms with E-state index < -0.39 is 18.3 Å². The molecule has 0 aromatic carbocycles. The summed E-state index contributed by atoms with van der Waals surface area (Å²) in [5, 5.41) is 30.8. The van der Waals surface area contributed by atoms with Gasteiger partial charge in [-0.1, -0.05) is 24.3 Å². The minimum Gasteiger partial charge on any atom is -0.393 e. The number of nitrogens with two attached hydrogens (primary N) is 1.